The molecule has 22 heavy (non-hydrogen) atoms. The monoisotopic (exact) mass is 289 g/mol. The van der Waals surface area contributed by atoms with Crippen LogP contribution in [0.4, 0.5) is 0 Å². The van der Waals surface area contributed by atoms with Gasteiger partial charge in [0.15, 0.2) is 0 Å². The van der Waals surface area contributed by atoms with E-state index >= 15 is 0 Å². The third kappa shape index (κ3) is 2.19. The van der Waals surface area contributed by atoms with E-state index in [2.05, 4.69) is 78.2 Å². The molecule has 0 aliphatic heterocycles. The second-order valence-corrected chi connectivity index (χ2v) is 6.16. The highest BCUT2D eigenvalue weighted by Gasteiger charge is 2.08. The predicted molar refractivity (Wildman–Crippen MR) is 90.4 cm³/mol. The molecule has 0 fully saturated rings. The number of benzene rings is 1. The van der Waals surface area contributed by atoms with Gasteiger partial charge in [-0.1, -0.05) is 32.0 Å². The third-order valence-electron chi connectivity index (χ3n) is 4.20. The Bertz CT molecular complexity index is 944. The zero-order chi connectivity index (χ0) is 15.1. The standard InChI is InChI=1S/C19H19N3/c1-13(2)18-12-22-8-7-14(10-19(22)21-18)9-15-11-20-17-6-4-3-5-16(15)17/h3-8,10-13,20H,9H2,1-2H3. The van der Waals surface area contributed by atoms with E-state index in [1.54, 1.807) is 0 Å². The Morgan fingerprint density at radius 3 is 2.91 bits per heavy atom. The Morgan fingerprint density at radius 2 is 2.05 bits per heavy atom. The summed E-state index contributed by atoms with van der Waals surface area (Å²) in [6.45, 7) is 4.35. The molecule has 0 amide bonds. The van der Waals surface area contributed by atoms with Crippen molar-refractivity contribution in [2.75, 3.05) is 0 Å². The van der Waals surface area contributed by atoms with Crippen LogP contribution in [0.25, 0.3) is 16.6 Å². The van der Waals surface area contributed by atoms with Gasteiger partial charge < -0.3 is 9.38 Å². The topological polar surface area (TPSA) is 33.1 Å². The summed E-state index contributed by atoms with van der Waals surface area (Å²) in [4.78, 5) is 8.06. The first-order valence-corrected chi connectivity index (χ1v) is 7.73. The number of para-hydroxylation sites is 1. The van der Waals surface area contributed by atoms with Crippen molar-refractivity contribution >= 4 is 16.6 Å². The van der Waals surface area contributed by atoms with Gasteiger partial charge in [0.05, 0.1) is 5.69 Å². The van der Waals surface area contributed by atoms with Gasteiger partial charge in [-0.15, -0.1) is 0 Å². The molecule has 0 atom stereocenters. The van der Waals surface area contributed by atoms with E-state index in [4.69, 9.17) is 4.98 Å². The van der Waals surface area contributed by atoms with Crippen LogP contribution in [-0.4, -0.2) is 14.4 Å². The Balaban J connectivity index is 1.72. The molecule has 3 heteroatoms. The van der Waals surface area contributed by atoms with E-state index < -0.39 is 0 Å². The lowest BCUT2D eigenvalue weighted by Crippen LogP contribution is -1.90. The van der Waals surface area contributed by atoms with Crippen molar-refractivity contribution in [1.82, 2.24) is 14.4 Å². The predicted octanol–water partition coefficient (Wildman–Crippen LogP) is 4.53. The van der Waals surface area contributed by atoms with Crippen LogP contribution in [0.15, 0.2) is 55.0 Å². The molecule has 3 heterocycles. The van der Waals surface area contributed by atoms with Gasteiger partial charge in [-0.2, -0.15) is 0 Å². The number of nitrogens with one attached hydrogen (secondary N) is 1. The molecule has 1 N–H and O–H groups in total. The molecular formula is C19H19N3. The summed E-state index contributed by atoms with van der Waals surface area (Å²) in [5.41, 5.74) is 5.99. The number of aromatic amines is 1. The molecule has 0 radical (unpaired) electrons. The van der Waals surface area contributed by atoms with E-state index in [1.165, 1.54) is 22.0 Å². The lowest BCUT2D eigenvalue weighted by atomic mass is 10.1. The molecule has 3 nitrogen and oxygen atoms in total. The second kappa shape index (κ2) is 5.02. The van der Waals surface area contributed by atoms with Crippen molar-refractivity contribution in [3.8, 4) is 0 Å². The van der Waals surface area contributed by atoms with E-state index in [0.29, 0.717) is 5.92 Å². The van der Waals surface area contributed by atoms with Gasteiger partial charge in [0.25, 0.3) is 0 Å². The SMILES string of the molecule is CC(C)c1cn2ccc(Cc3c[nH]c4ccccc34)cc2n1. The van der Waals surface area contributed by atoms with Crippen molar-refractivity contribution < 1.29 is 0 Å². The molecule has 1 aromatic carbocycles. The molecule has 4 rings (SSSR count). The van der Waals surface area contributed by atoms with Crippen LogP contribution in [0.5, 0.6) is 0 Å². The van der Waals surface area contributed by atoms with E-state index in [0.717, 1.165) is 17.8 Å². The molecule has 0 saturated heterocycles. The Labute approximate surface area is 129 Å². The summed E-state index contributed by atoms with van der Waals surface area (Å²) in [6.07, 6.45) is 7.26. The number of hydrogen-bond acceptors (Lipinski definition) is 1. The average molecular weight is 289 g/mol. The maximum absolute atomic E-state index is 4.72. The molecule has 4 aromatic rings. The van der Waals surface area contributed by atoms with Gasteiger partial charge in [0.1, 0.15) is 5.65 Å². The zero-order valence-electron chi connectivity index (χ0n) is 12.9. The van der Waals surface area contributed by atoms with Crippen LogP contribution in [0, 0.1) is 0 Å². The number of hydrogen-bond donors (Lipinski definition) is 1. The minimum absolute atomic E-state index is 0.456. The summed E-state index contributed by atoms with van der Waals surface area (Å²) in [7, 11) is 0. The summed E-state index contributed by atoms with van der Waals surface area (Å²) in [6, 6.07) is 12.8. The van der Waals surface area contributed by atoms with E-state index in [-0.39, 0.29) is 0 Å². The van der Waals surface area contributed by atoms with Gasteiger partial charge in [-0.05, 0) is 41.7 Å². The fourth-order valence-electron chi connectivity index (χ4n) is 2.93. The first kappa shape index (κ1) is 13.1. The average Bonchev–Trinajstić information content (AvgIpc) is 3.11. The largest absolute Gasteiger partial charge is 0.361 e. The number of aromatic nitrogens is 3. The molecule has 0 aliphatic carbocycles. The minimum atomic E-state index is 0.456. The van der Waals surface area contributed by atoms with Crippen molar-refractivity contribution in [3.63, 3.8) is 0 Å². The lowest BCUT2D eigenvalue weighted by molar-refractivity contribution is 0.834. The van der Waals surface area contributed by atoms with Crippen LogP contribution >= 0.6 is 0 Å². The Kier molecular flexibility index (Phi) is 3.00. The summed E-state index contributed by atoms with van der Waals surface area (Å²) in [5.74, 6) is 0.456. The fourth-order valence-corrected chi connectivity index (χ4v) is 2.93. The number of H-pyrrole nitrogens is 1. The van der Waals surface area contributed by atoms with Crippen molar-refractivity contribution in [1.29, 1.82) is 0 Å². The Morgan fingerprint density at radius 1 is 1.18 bits per heavy atom. The van der Waals surface area contributed by atoms with Gasteiger partial charge in [0.2, 0.25) is 0 Å². The molecule has 0 saturated carbocycles. The molecule has 0 bridgehead atoms. The van der Waals surface area contributed by atoms with Gasteiger partial charge in [-0.25, -0.2) is 4.98 Å². The molecular weight excluding hydrogens is 270 g/mol. The van der Waals surface area contributed by atoms with E-state index in [9.17, 15) is 0 Å². The van der Waals surface area contributed by atoms with Gasteiger partial charge in [-0.3, -0.25) is 0 Å². The second-order valence-electron chi connectivity index (χ2n) is 6.16. The highest BCUT2D eigenvalue weighted by atomic mass is 15.0. The first-order valence-electron chi connectivity index (χ1n) is 7.73. The maximum atomic E-state index is 4.72. The normalized spacial score (nSPS) is 11.8. The van der Waals surface area contributed by atoms with Gasteiger partial charge in [0, 0.05) is 29.5 Å². The lowest BCUT2D eigenvalue weighted by Gasteiger charge is -2.01. The zero-order valence-corrected chi connectivity index (χ0v) is 12.9. The van der Waals surface area contributed by atoms with E-state index in [1.807, 2.05) is 0 Å². The number of imidazole rings is 1. The van der Waals surface area contributed by atoms with Crippen LogP contribution in [0.2, 0.25) is 0 Å². The van der Waals surface area contributed by atoms with Crippen LogP contribution in [-0.2, 0) is 6.42 Å². The number of nitrogens with zero attached hydrogens (tertiary/aromatic N) is 2. The van der Waals surface area contributed by atoms with Crippen LogP contribution < -0.4 is 0 Å². The van der Waals surface area contributed by atoms with Crippen molar-refractivity contribution in [2.45, 2.75) is 26.2 Å². The summed E-state index contributed by atoms with van der Waals surface area (Å²) in [5, 5.41) is 1.30. The fraction of sp³-hybridized carbons (Fsp3) is 0.211. The molecule has 0 spiro atoms. The van der Waals surface area contributed by atoms with Crippen LogP contribution in [0.3, 0.4) is 0 Å². The molecule has 110 valence electrons. The van der Waals surface area contributed by atoms with Gasteiger partial charge >= 0.3 is 0 Å². The number of pyridine rings is 1. The molecule has 0 unspecified atom stereocenters. The number of rotatable bonds is 3. The highest BCUT2D eigenvalue weighted by Crippen LogP contribution is 2.22. The minimum Gasteiger partial charge on any atom is -0.361 e. The summed E-state index contributed by atoms with van der Waals surface area (Å²) < 4.78 is 2.11. The van der Waals surface area contributed by atoms with Crippen molar-refractivity contribution in [3.05, 3.63) is 71.8 Å². The maximum Gasteiger partial charge on any atom is 0.137 e. The molecule has 3 aromatic heterocycles. The van der Waals surface area contributed by atoms with Crippen LogP contribution in [0.1, 0.15) is 36.6 Å². The molecule has 0 aliphatic rings. The Hall–Kier alpha value is -2.55. The van der Waals surface area contributed by atoms with Crippen molar-refractivity contribution in [2.24, 2.45) is 0 Å². The summed E-state index contributed by atoms with van der Waals surface area (Å²) >= 11 is 0. The quantitative estimate of drug-likeness (QED) is 0.590. The highest BCUT2D eigenvalue weighted by molar-refractivity contribution is 5.83. The smallest absolute Gasteiger partial charge is 0.137 e. The third-order valence-corrected chi connectivity index (χ3v) is 4.20. The number of fused-ring (bicyclic) bond motifs is 2. The first-order chi connectivity index (χ1) is 10.7.